The van der Waals surface area contributed by atoms with Gasteiger partial charge < -0.3 is 4.74 Å². The van der Waals surface area contributed by atoms with Crippen molar-refractivity contribution in [1.82, 2.24) is 5.32 Å². The predicted octanol–water partition coefficient (Wildman–Crippen LogP) is 3.45. The summed E-state index contributed by atoms with van der Waals surface area (Å²) in [5.41, 5.74) is 4.34. The lowest BCUT2D eigenvalue weighted by molar-refractivity contribution is -0.122. The van der Waals surface area contributed by atoms with Gasteiger partial charge in [-0.15, -0.1) is 0 Å². The number of carbonyl (C=O) groups excluding carboxylic acids is 2. The number of rotatable bonds is 3. The Balaban J connectivity index is 2.03. The van der Waals surface area contributed by atoms with Crippen molar-refractivity contribution < 1.29 is 14.3 Å². The number of nitrogens with zero attached hydrogens (tertiary/aromatic N) is 1. The molecule has 2 aromatic rings. The summed E-state index contributed by atoms with van der Waals surface area (Å²) < 4.78 is 5.25. The number of amides is 2. The van der Waals surface area contributed by atoms with Crippen molar-refractivity contribution in [1.29, 1.82) is 0 Å². The molecule has 1 saturated heterocycles. The van der Waals surface area contributed by atoms with Crippen molar-refractivity contribution in [2.45, 2.75) is 20.8 Å². The number of hydrogen-bond donors (Lipinski definition) is 1. The fourth-order valence-electron chi connectivity index (χ4n) is 3.13. The summed E-state index contributed by atoms with van der Waals surface area (Å²) in [5.74, 6) is -0.198. The number of thiocarbonyl (C=S) groups is 1. The Morgan fingerprint density at radius 2 is 1.70 bits per heavy atom. The Hall–Kier alpha value is -2.99. The predicted molar refractivity (Wildman–Crippen MR) is 110 cm³/mol. The van der Waals surface area contributed by atoms with Gasteiger partial charge in [-0.05, 0) is 85.6 Å². The fraction of sp³-hybridized carbons (Fsp3) is 0.190. The van der Waals surface area contributed by atoms with E-state index < -0.39 is 11.8 Å². The van der Waals surface area contributed by atoms with Crippen LogP contribution in [0, 0.1) is 20.8 Å². The highest BCUT2D eigenvalue weighted by Crippen LogP contribution is 2.25. The zero-order chi connectivity index (χ0) is 19.7. The van der Waals surface area contributed by atoms with Crippen LogP contribution in [0.2, 0.25) is 0 Å². The zero-order valence-corrected chi connectivity index (χ0v) is 16.4. The van der Waals surface area contributed by atoms with Gasteiger partial charge in [0.05, 0.1) is 12.8 Å². The van der Waals surface area contributed by atoms with E-state index in [1.54, 1.807) is 25.3 Å². The van der Waals surface area contributed by atoms with E-state index in [0.29, 0.717) is 5.69 Å². The first-order chi connectivity index (χ1) is 12.8. The van der Waals surface area contributed by atoms with Gasteiger partial charge in [-0.25, -0.2) is 0 Å². The molecule has 0 bridgehead atoms. The van der Waals surface area contributed by atoms with Crippen LogP contribution in [0.25, 0.3) is 6.08 Å². The van der Waals surface area contributed by atoms with Gasteiger partial charge in [0.15, 0.2) is 5.11 Å². The van der Waals surface area contributed by atoms with Crippen LogP contribution in [0.3, 0.4) is 0 Å². The van der Waals surface area contributed by atoms with Gasteiger partial charge in [0.25, 0.3) is 11.8 Å². The molecular weight excluding hydrogens is 360 g/mol. The van der Waals surface area contributed by atoms with Crippen LogP contribution >= 0.6 is 12.2 Å². The number of methoxy groups -OCH3 is 1. The van der Waals surface area contributed by atoms with Gasteiger partial charge in [-0.2, -0.15) is 0 Å². The van der Waals surface area contributed by atoms with Crippen molar-refractivity contribution in [3.8, 4) is 5.75 Å². The first-order valence-corrected chi connectivity index (χ1v) is 8.85. The zero-order valence-electron chi connectivity index (χ0n) is 15.6. The molecule has 1 N–H and O–H groups in total. The summed E-state index contributed by atoms with van der Waals surface area (Å²) in [6.45, 7) is 5.80. The Morgan fingerprint density at radius 3 is 2.30 bits per heavy atom. The van der Waals surface area contributed by atoms with Crippen LogP contribution in [0.5, 0.6) is 5.75 Å². The maximum absolute atomic E-state index is 13.1. The first kappa shape index (κ1) is 18.8. The monoisotopic (exact) mass is 380 g/mol. The Morgan fingerprint density at radius 1 is 1.04 bits per heavy atom. The van der Waals surface area contributed by atoms with E-state index in [1.165, 1.54) is 4.90 Å². The summed E-state index contributed by atoms with van der Waals surface area (Å²) in [6, 6.07) is 11.2. The van der Waals surface area contributed by atoms with E-state index >= 15 is 0 Å². The minimum absolute atomic E-state index is 0.0346. The van der Waals surface area contributed by atoms with Gasteiger partial charge in [0.2, 0.25) is 0 Å². The number of hydrogen-bond acceptors (Lipinski definition) is 4. The van der Waals surface area contributed by atoms with E-state index in [0.717, 1.165) is 28.0 Å². The molecule has 1 heterocycles. The second-order valence-corrected chi connectivity index (χ2v) is 6.92. The van der Waals surface area contributed by atoms with Crippen LogP contribution in [0.15, 0.2) is 42.0 Å². The van der Waals surface area contributed by atoms with Gasteiger partial charge in [0, 0.05) is 0 Å². The number of aryl methyl sites for hydroxylation is 3. The number of nitrogens with one attached hydrogen (secondary N) is 1. The third-order valence-corrected chi connectivity index (χ3v) is 4.58. The molecule has 6 heteroatoms. The first-order valence-electron chi connectivity index (χ1n) is 8.44. The normalized spacial score (nSPS) is 15.9. The number of anilines is 1. The van der Waals surface area contributed by atoms with Crippen LogP contribution in [0.4, 0.5) is 5.69 Å². The van der Waals surface area contributed by atoms with Crippen molar-refractivity contribution in [2.24, 2.45) is 0 Å². The standard InChI is InChI=1S/C21H20N2O3S/c1-12-7-13(2)9-16(8-12)23-20(25)17(19(24)22-21(23)27)11-15-5-6-18(26-4)14(3)10-15/h5-11H,1-4H3,(H,22,24,27)/b17-11+. The van der Waals surface area contributed by atoms with E-state index in [2.05, 4.69) is 5.32 Å². The molecule has 0 unspecified atom stereocenters. The Labute approximate surface area is 163 Å². The largest absolute Gasteiger partial charge is 0.496 e. The molecule has 1 aliphatic heterocycles. The molecule has 27 heavy (non-hydrogen) atoms. The second-order valence-electron chi connectivity index (χ2n) is 6.53. The quantitative estimate of drug-likeness (QED) is 0.503. The molecule has 0 aliphatic carbocycles. The van der Waals surface area contributed by atoms with E-state index in [4.69, 9.17) is 17.0 Å². The summed E-state index contributed by atoms with van der Waals surface area (Å²) in [5, 5.41) is 2.69. The highest BCUT2D eigenvalue weighted by Gasteiger charge is 2.34. The second kappa shape index (κ2) is 7.32. The van der Waals surface area contributed by atoms with Crippen LogP contribution < -0.4 is 15.0 Å². The lowest BCUT2D eigenvalue weighted by atomic mass is 10.0. The molecule has 0 aromatic heterocycles. The van der Waals surface area contributed by atoms with Crippen molar-refractivity contribution in [3.05, 3.63) is 64.2 Å². The topological polar surface area (TPSA) is 58.6 Å². The summed E-state index contributed by atoms with van der Waals surface area (Å²) >= 11 is 5.25. The van der Waals surface area contributed by atoms with Crippen molar-refractivity contribution in [2.75, 3.05) is 12.0 Å². The van der Waals surface area contributed by atoms with E-state index in [-0.39, 0.29) is 10.7 Å². The molecule has 2 amide bonds. The molecular formula is C21H20N2O3S. The lowest BCUT2D eigenvalue weighted by Crippen LogP contribution is -2.54. The summed E-state index contributed by atoms with van der Waals surface area (Å²) in [7, 11) is 1.60. The van der Waals surface area contributed by atoms with Gasteiger partial charge in [-0.1, -0.05) is 12.1 Å². The molecule has 0 radical (unpaired) electrons. The molecule has 1 aliphatic rings. The number of ether oxygens (including phenoxy) is 1. The molecule has 3 rings (SSSR count). The van der Waals surface area contributed by atoms with Gasteiger partial charge >= 0.3 is 0 Å². The summed E-state index contributed by atoms with van der Waals surface area (Å²) in [4.78, 5) is 26.8. The lowest BCUT2D eigenvalue weighted by Gasteiger charge is -2.29. The average molecular weight is 380 g/mol. The SMILES string of the molecule is COc1ccc(/C=C2\C(=O)NC(=S)N(c3cc(C)cc(C)c3)C2=O)cc1C. The highest BCUT2D eigenvalue weighted by atomic mass is 32.1. The third kappa shape index (κ3) is 3.75. The highest BCUT2D eigenvalue weighted by molar-refractivity contribution is 7.80. The van der Waals surface area contributed by atoms with Crippen LogP contribution in [-0.2, 0) is 9.59 Å². The van der Waals surface area contributed by atoms with Crippen molar-refractivity contribution >= 4 is 40.9 Å². The Bertz CT molecular complexity index is 975. The van der Waals surface area contributed by atoms with Crippen LogP contribution in [0.1, 0.15) is 22.3 Å². The molecule has 0 atom stereocenters. The molecule has 2 aromatic carbocycles. The molecule has 0 spiro atoms. The van der Waals surface area contributed by atoms with Crippen molar-refractivity contribution in [3.63, 3.8) is 0 Å². The average Bonchev–Trinajstić information content (AvgIpc) is 2.57. The number of carbonyl (C=O) groups is 2. The molecule has 138 valence electrons. The third-order valence-electron chi connectivity index (χ3n) is 4.30. The minimum atomic E-state index is -0.501. The number of benzene rings is 2. The van der Waals surface area contributed by atoms with Gasteiger partial charge in [-0.3, -0.25) is 19.8 Å². The fourth-order valence-corrected chi connectivity index (χ4v) is 3.41. The van der Waals surface area contributed by atoms with Gasteiger partial charge in [0.1, 0.15) is 11.3 Å². The smallest absolute Gasteiger partial charge is 0.270 e. The van der Waals surface area contributed by atoms with Crippen LogP contribution in [-0.4, -0.2) is 24.0 Å². The maximum atomic E-state index is 13.1. The Kier molecular flexibility index (Phi) is 5.10. The molecule has 0 saturated carbocycles. The summed E-state index contributed by atoms with van der Waals surface area (Å²) in [6.07, 6.45) is 1.57. The van der Waals surface area contributed by atoms with E-state index in [9.17, 15) is 9.59 Å². The molecule has 5 nitrogen and oxygen atoms in total. The maximum Gasteiger partial charge on any atom is 0.270 e. The van der Waals surface area contributed by atoms with E-state index in [1.807, 2.05) is 45.0 Å². The molecule has 1 fully saturated rings. The minimum Gasteiger partial charge on any atom is -0.496 e.